The van der Waals surface area contributed by atoms with Gasteiger partial charge in [0.2, 0.25) is 0 Å². The molecule has 2 nitrogen and oxygen atoms in total. The van der Waals surface area contributed by atoms with E-state index in [2.05, 4.69) is 13.0 Å². The molecule has 0 bridgehead atoms. The number of rotatable bonds is 7. The van der Waals surface area contributed by atoms with Gasteiger partial charge in [-0.15, -0.1) is 0 Å². The monoisotopic (exact) mass is 212 g/mol. The molecule has 3 atom stereocenters. The molecule has 2 heteroatoms. The summed E-state index contributed by atoms with van der Waals surface area (Å²) in [5.74, 6) is 0.0905. The van der Waals surface area contributed by atoms with Crippen molar-refractivity contribution < 1.29 is 10.2 Å². The van der Waals surface area contributed by atoms with E-state index < -0.39 is 6.10 Å². The molecule has 0 aliphatic carbocycles. The lowest BCUT2D eigenvalue weighted by molar-refractivity contribution is 0.0590. The van der Waals surface area contributed by atoms with Crippen molar-refractivity contribution in [1.29, 1.82) is 0 Å². The second-order valence-electron chi connectivity index (χ2n) is 3.95. The quantitative estimate of drug-likeness (QED) is 0.637. The Bertz CT molecular complexity index is 197. The number of hydrogen-bond acceptors (Lipinski definition) is 2. The second-order valence-corrected chi connectivity index (χ2v) is 3.95. The molecule has 88 valence electrons. The maximum Gasteiger partial charge on any atom is 0.0624 e. The van der Waals surface area contributed by atoms with Crippen LogP contribution in [0.25, 0.3) is 0 Å². The van der Waals surface area contributed by atoms with Crippen LogP contribution in [0.3, 0.4) is 0 Å². The van der Waals surface area contributed by atoms with Crippen LogP contribution in [-0.4, -0.2) is 22.4 Å². The first-order chi connectivity index (χ1) is 7.11. The molecule has 0 unspecified atom stereocenters. The summed E-state index contributed by atoms with van der Waals surface area (Å²) in [6, 6.07) is 0. The summed E-state index contributed by atoms with van der Waals surface area (Å²) in [6.07, 6.45) is 9.32. The lowest BCUT2D eigenvalue weighted by atomic mass is 9.98. The molecular weight excluding hydrogens is 188 g/mol. The molecule has 0 aromatic carbocycles. The third-order valence-electron chi connectivity index (χ3n) is 2.49. The largest absolute Gasteiger partial charge is 0.393 e. The number of aliphatic hydroxyl groups is 2. The Labute approximate surface area is 93.3 Å². The van der Waals surface area contributed by atoms with Crippen molar-refractivity contribution >= 4 is 0 Å². The molecule has 0 spiro atoms. The van der Waals surface area contributed by atoms with Crippen molar-refractivity contribution in [2.45, 2.75) is 52.2 Å². The lowest BCUT2D eigenvalue weighted by Crippen LogP contribution is -2.22. The molecule has 0 fully saturated rings. The van der Waals surface area contributed by atoms with Crippen molar-refractivity contribution in [1.82, 2.24) is 0 Å². The zero-order chi connectivity index (χ0) is 11.7. The molecule has 0 aliphatic rings. The Kier molecular flexibility index (Phi) is 8.34. The number of aliphatic hydroxyl groups excluding tert-OH is 2. The number of allylic oxidation sites excluding steroid dienone is 3. The fourth-order valence-electron chi connectivity index (χ4n) is 1.24. The van der Waals surface area contributed by atoms with Crippen LogP contribution in [0, 0.1) is 5.92 Å². The van der Waals surface area contributed by atoms with Gasteiger partial charge in [-0.05, 0) is 19.3 Å². The smallest absolute Gasteiger partial charge is 0.0624 e. The highest BCUT2D eigenvalue weighted by Gasteiger charge is 2.14. The van der Waals surface area contributed by atoms with E-state index >= 15 is 0 Å². The Morgan fingerprint density at radius 3 is 2.33 bits per heavy atom. The van der Waals surface area contributed by atoms with Gasteiger partial charge in [0, 0.05) is 5.92 Å². The minimum absolute atomic E-state index is 0.0905. The van der Waals surface area contributed by atoms with Gasteiger partial charge in [-0.1, -0.05) is 45.1 Å². The highest BCUT2D eigenvalue weighted by molar-refractivity contribution is 5.04. The van der Waals surface area contributed by atoms with Crippen molar-refractivity contribution in [3.8, 4) is 0 Å². The Balaban J connectivity index is 3.92. The summed E-state index contributed by atoms with van der Waals surface area (Å²) in [4.78, 5) is 0. The van der Waals surface area contributed by atoms with Crippen LogP contribution in [0.15, 0.2) is 24.3 Å². The first-order valence-electron chi connectivity index (χ1n) is 5.81. The van der Waals surface area contributed by atoms with Crippen LogP contribution in [0.5, 0.6) is 0 Å². The molecule has 0 rings (SSSR count). The molecule has 0 aromatic rings. The molecule has 0 aromatic heterocycles. The minimum atomic E-state index is -0.453. The van der Waals surface area contributed by atoms with Crippen molar-refractivity contribution in [3.05, 3.63) is 24.3 Å². The van der Waals surface area contributed by atoms with Gasteiger partial charge in [-0.3, -0.25) is 0 Å². The van der Waals surface area contributed by atoms with Crippen LogP contribution in [0.1, 0.15) is 40.0 Å². The molecule has 0 amide bonds. The second kappa shape index (κ2) is 8.69. The highest BCUT2D eigenvalue weighted by Crippen LogP contribution is 2.12. The number of hydrogen-bond donors (Lipinski definition) is 2. The van der Waals surface area contributed by atoms with E-state index in [9.17, 15) is 10.2 Å². The summed E-state index contributed by atoms with van der Waals surface area (Å²) < 4.78 is 0. The minimum Gasteiger partial charge on any atom is -0.393 e. The van der Waals surface area contributed by atoms with Gasteiger partial charge in [-0.2, -0.15) is 0 Å². The van der Waals surface area contributed by atoms with Crippen molar-refractivity contribution in [2.24, 2.45) is 5.92 Å². The standard InChI is InChI=1S/C13H24O2/c1-4-6-7-8-9-11(3)13(15)10-12(14)5-2/h6-9,11-15H,4-5,10H2,1-3H3/b7-6-,9-8+/t11-,12+,13-/m0/s1. The Morgan fingerprint density at radius 2 is 1.80 bits per heavy atom. The van der Waals surface area contributed by atoms with E-state index in [1.165, 1.54) is 0 Å². The maximum atomic E-state index is 9.74. The molecule has 15 heavy (non-hydrogen) atoms. The zero-order valence-electron chi connectivity index (χ0n) is 10.1. The lowest BCUT2D eigenvalue weighted by Gasteiger charge is -2.18. The van der Waals surface area contributed by atoms with E-state index in [0.29, 0.717) is 12.8 Å². The van der Waals surface area contributed by atoms with Crippen LogP contribution in [0.4, 0.5) is 0 Å². The third kappa shape index (κ3) is 7.34. The van der Waals surface area contributed by atoms with Crippen LogP contribution in [-0.2, 0) is 0 Å². The zero-order valence-corrected chi connectivity index (χ0v) is 10.1. The first kappa shape index (κ1) is 14.4. The predicted molar refractivity (Wildman–Crippen MR) is 64.7 cm³/mol. The topological polar surface area (TPSA) is 40.5 Å². The third-order valence-corrected chi connectivity index (χ3v) is 2.49. The van der Waals surface area contributed by atoms with Gasteiger partial charge < -0.3 is 10.2 Å². The van der Waals surface area contributed by atoms with Gasteiger partial charge in [0.15, 0.2) is 0 Å². The predicted octanol–water partition coefficient (Wildman–Crippen LogP) is 2.67. The first-order valence-corrected chi connectivity index (χ1v) is 5.81. The summed E-state index contributed by atoms with van der Waals surface area (Å²) in [5, 5.41) is 19.1. The average Bonchev–Trinajstić information content (AvgIpc) is 2.23. The molecule has 2 N–H and O–H groups in total. The molecule has 0 heterocycles. The van der Waals surface area contributed by atoms with Crippen LogP contribution < -0.4 is 0 Å². The average molecular weight is 212 g/mol. The van der Waals surface area contributed by atoms with E-state index in [0.717, 1.165) is 6.42 Å². The van der Waals surface area contributed by atoms with Gasteiger partial charge in [0.25, 0.3) is 0 Å². The molecule has 0 saturated carbocycles. The van der Waals surface area contributed by atoms with Gasteiger partial charge in [0.1, 0.15) is 0 Å². The molecular formula is C13H24O2. The van der Waals surface area contributed by atoms with Crippen LogP contribution >= 0.6 is 0 Å². The summed E-state index contributed by atoms with van der Waals surface area (Å²) in [6.45, 7) is 5.96. The molecule has 0 aliphatic heterocycles. The molecule has 0 saturated heterocycles. The van der Waals surface area contributed by atoms with E-state index in [1.54, 1.807) is 0 Å². The van der Waals surface area contributed by atoms with Gasteiger partial charge in [0.05, 0.1) is 12.2 Å². The fraction of sp³-hybridized carbons (Fsp3) is 0.692. The normalized spacial score (nSPS) is 18.5. The Hall–Kier alpha value is -0.600. The van der Waals surface area contributed by atoms with Crippen LogP contribution in [0.2, 0.25) is 0 Å². The van der Waals surface area contributed by atoms with Gasteiger partial charge in [-0.25, -0.2) is 0 Å². The highest BCUT2D eigenvalue weighted by atomic mass is 16.3. The fourth-order valence-corrected chi connectivity index (χ4v) is 1.24. The summed E-state index contributed by atoms with van der Waals surface area (Å²) in [5.41, 5.74) is 0. The van der Waals surface area contributed by atoms with Crippen molar-refractivity contribution in [3.63, 3.8) is 0 Å². The van der Waals surface area contributed by atoms with Crippen molar-refractivity contribution in [2.75, 3.05) is 0 Å². The molecule has 0 radical (unpaired) electrons. The Morgan fingerprint density at radius 1 is 1.13 bits per heavy atom. The van der Waals surface area contributed by atoms with E-state index in [1.807, 2.05) is 32.1 Å². The maximum absolute atomic E-state index is 9.74. The van der Waals surface area contributed by atoms with Gasteiger partial charge >= 0.3 is 0 Å². The summed E-state index contributed by atoms with van der Waals surface area (Å²) >= 11 is 0. The van der Waals surface area contributed by atoms with E-state index in [4.69, 9.17) is 0 Å². The summed E-state index contributed by atoms with van der Waals surface area (Å²) in [7, 11) is 0. The van der Waals surface area contributed by atoms with E-state index in [-0.39, 0.29) is 12.0 Å². The SMILES string of the molecule is CC/C=C\C=C\[C@H](C)[C@@H](O)C[C@H](O)CC.